The van der Waals surface area contributed by atoms with Gasteiger partial charge in [0.2, 0.25) is 5.82 Å². The summed E-state index contributed by atoms with van der Waals surface area (Å²) in [6, 6.07) is 16.4. The number of fused-ring (bicyclic) bond motifs is 1. The largest absolute Gasteiger partial charge is 0.324 e. The van der Waals surface area contributed by atoms with Gasteiger partial charge in [0.15, 0.2) is 5.65 Å². The van der Waals surface area contributed by atoms with Gasteiger partial charge in [0.1, 0.15) is 5.82 Å². The number of hydrogen-bond donors (Lipinski definition) is 0. The van der Waals surface area contributed by atoms with E-state index < -0.39 is 0 Å². The number of benzene rings is 1. The molecule has 1 atom stereocenters. The molecule has 3 aromatic heterocycles. The lowest BCUT2D eigenvalue weighted by molar-refractivity contribution is 0.390. The molecule has 4 heterocycles. The predicted octanol–water partition coefficient (Wildman–Crippen LogP) is 3.16. The van der Waals surface area contributed by atoms with Gasteiger partial charge in [-0.05, 0) is 25.0 Å². The van der Waals surface area contributed by atoms with Crippen molar-refractivity contribution in [3.05, 3.63) is 60.6 Å². The zero-order valence-electron chi connectivity index (χ0n) is 14.2. The normalized spacial score (nSPS) is 17.7. The van der Waals surface area contributed by atoms with Gasteiger partial charge in [-0.3, -0.25) is 4.40 Å². The quantitative estimate of drug-likeness (QED) is 0.567. The molecule has 26 heavy (non-hydrogen) atoms. The molecule has 7 heteroatoms. The van der Waals surface area contributed by atoms with Gasteiger partial charge in [0.05, 0.1) is 0 Å². The summed E-state index contributed by atoms with van der Waals surface area (Å²) in [6.07, 6.45) is 4.14. The minimum absolute atomic E-state index is 0.285. The van der Waals surface area contributed by atoms with Crippen molar-refractivity contribution in [3.63, 3.8) is 0 Å². The molecule has 1 saturated heterocycles. The SMILES string of the molecule is c1ccc(-c2noc(N3CCC[C@H](c4nnc5ccccn45)C3)n2)cc1. The van der Waals surface area contributed by atoms with Crippen molar-refractivity contribution in [3.8, 4) is 11.4 Å². The number of pyridine rings is 1. The highest BCUT2D eigenvalue weighted by molar-refractivity contribution is 5.55. The van der Waals surface area contributed by atoms with Crippen LogP contribution >= 0.6 is 0 Å². The van der Waals surface area contributed by atoms with Crippen LogP contribution in [0.15, 0.2) is 59.3 Å². The number of hydrogen-bond acceptors (Lipinski definition) is 6. The maximum absolute atomic E-state index is 5.53. The Kier molecular flexibility index (Phi) is 3.62. The molecular formula is C19H18N6O. The second-order valence-corrected chi connectivity index (χ2v) is 6.54. The summed E-state index contributed by atoms with van der Waals surface area (Å²) in [4.78, 5) is 6.74. The molecule has 0 unspecified atom stereocenters. The average Bonchev–Trinajstić information content (AvgIpc) is 3.36. The molecule has 5 rings (SSSR count). The zero-order valence-corrected chi connectivity index (χ0v) is 14.2. The van der Waals surface area contributed by atoms with Crippen LogP contribution in [0.1, 0.15) is 24.6 Å². The van der Waals surface area contributed by atoms with Gasteiger partial charge in [0, 0.05) is 30.8 Å². The van der Waals surface area contributed by atoms with Crippen LogP contribution in [-0.4, -0.2) is 37.8 Å². The van der Waals surface area contributed by atoms with Crippen molar-refractivity contribution in [1.82, 2.24) is 24.7 Å². The highest BCUT2D eigenvalue weighted by Gasteiger charge is 2.28. The molecular weight excluding hydrogens is 328 g/mol. The van der Waals surface area contributed by atoms with Crippen LogP contribution in [0.4, 0.5) is 6.01 Å². The molecule has 1 aromatic carbocycles. The van der Waals surface area contributed by atoms with E-state index in [-0.39, 0.29) is 5.92 Å². The lowest BCUT2D eigenvalue weighted by Gasteiger charge is -2.30. The van der Waals surface area contributed by atoms with Crippen molar-refractivity contribution in [2.75, 3.05) is 18.0 Å². The third-order valence-electron chi connectivity index (χ3n) is 4.84. The third kappa shape index (κ3) is 2.61. The molecule has 0 spiro atoms. The summed E-state index contributed by atoms with van der Waals surface area (Å²) in [5.41, 5.74) is 1.84. The lowest BCUT2D eigenvalue weighted by Crippen LogP contribution is -2.35. The van der Waals surface area contributed by atoms with Crippen molar-refractivity contribution in [2.24, 2.45) is 0 Å². The first-order valence-electron chi connectivity index (χ1n) is 8.82. The number of piperidine rings is 1. The molecule has 130 valence electrons. The van der Waals surface area contributed by atoms with Crippen molar-refractivity contribution >= 4 is 11.7 Å². The average molecular weight is 346 g/mol. The van der Waals surface area contributed by atoms with Gasteiger partial charge in [-0.1, -0.05) is 41.6 Å². The zero-order chi connectivity index (χ0) is 17.3. The van der Waals surface area contributed by atoms with Gasteiger partial charge in [-0.15, -0.1) is 10.2 Å². The van der Waals surface area contributed by atoms with Crippen LogP contribution in [0.2, 0.25) is 0 Å². The molecule has 7 nitrogen and oxygen atoms in total. The Hall–Kier alpha value is -3.22. The van der Waals surface area contributed by atoms with Crippen molar-refractivity contribution < 1.29 is 4.52 Å². The molecule has 0 bridgehead atoms. The maximum atomic E-state index is 5.53. The van der Waals surface area contributed by atoms with E-state index in [0.29, 0.717) is 11.8 Å². The van der Waals surface area contributed by atoms with Crippen LogP contribution in [-0.2, 0) is 0 Å². The highest BCUT2D eigenvalue weighted by atomic mass is 16.5. The lowest BCUT2D eigenvalue weighted by atomic mass is 9.97. The number of anilines is 1. The molecule has 0 aliphatic carbocycles. The van der Waals surface area contributed by atoms with Crippen molar-refractivity contribution in [1.29, 1.82) is 0 Å². The monoisotopic (exact) mass is 346 g/mol. The fourth-order valence-electron chi connectivity index (χ4n) is 3.55. The van der Waals surface area contributed by atoms with Gasteiger partial charge in [0.25, 0.3) is 0 Å². The molecule has 1 aliphatic rings. The van der Waals surface area contributed by atoms with Crippen LogP contribution in [0, 0.1) is 0 Å². The number of aromatic nitrogens is 5. The molecule has 1 aliphatic heterocycles. The fraction of sp³-hybridized carbons (Fsp3) is 0.263. The Morgan fingerprint density at radius 1 is 1.00 bits per heavy atom. The Balaban J connectivity index is 1.40. The van der Waals surface area contributed by atoms with Crippen molar-refractivity contribution in [2.45, 2.75) is 18.8 Å². The first-order valence-corrected chi connectivity index (χ1v) is 8.82. The van der Waals surface area contributed by atoms with E-state index >= 15 is 0 Å². The summed E-state index contributed by atoms with van der Waals surface area (Å²) in [5, 5.41) is 12.8. The molecule has 0 radical (unpaired) electrons. The molecule has 1 fully saturated rings. The second kappa shape index (κ2) is 6.25. The molecule has 0 saturated carbocycles. The summed E-state index contributed by atoms with van der Waals surface area (Å²) in [6.45, 7) is 1.70. The summed E-state index contributed by atoms with van der Waals surface area (Å²) < 4.78 is 7.60. The Morgan fingerprint density at radius 2 is 1.88 bits per heavy atom. The van der Waals surface area contributed by atoms with E-state index in [9.17, 15) is 0 Å². The van der Waals surface area contributed by atoms with E-state index in [1.54, 1.807) is 0 Å². The summed E-state index contributed by atoms with van der Waals surface area (Å²) in [7, 11) is 0. The minimum atomic E-state index is 0.285. The van der Waals surface area contributed by atoms with Gasteiger partial charge >= 0.3 is 6.01 Å². The van der Waals surface area contributed by atoms with Crippen LogP contribution < -0.4 is 4.90 Å². The van der Waals surface area contributed by atoms with E-state index in [1.165, 1.54) is 0 Å². The van der Waals surface area contributed by atoms with E-state index in [1.807, 2.05) is 54.7 Å². The van der Waals surface area contributed by atoms with Gasteiger partial charge in [-0.2, -0.15) is 4.98 Å². The Labute approximate surface area is 150 Å². The highest BCUT2D eigenvalue weighted by Crippen LogP contribution is 2.29. The number of rotatable bonds is 3. The van der Waals surface area contributed by atoms with Crippen LogP contribution in [0.25, 0.3) is 17.0 Å². The first-order chi connectivity index (χ1) is 12.9. The van der Waals surface area contributed by atoms with E-state index in [4.69, 9.17) is 4.52 Å². The first kappa shape index (κ1) is 15.1. The molecule has 4 aromatic rings. The topological polar surface area (TPSA) is 72.4 Å². The molecule has 0 N–H and O–H groups in total. The number of nitrogens with zero attached hydrogens (tertiary/aromatic N) is 6. The smallest absolute Gasteiger partial charge is 0.324 e. The maximum Gasteiger partial charge on any atom is 0.324 e. The predicted molar refractivity (Wildman–Crippen MR) is 96.9 cm³/mol. The summed E-state index contributed by atoms with van der Waals surface area (Å²) in [5.74, 6) is 1.90. The van der Waals surface area contributed by atoms with Gasteiger partial charge in [-0.25, -0.2) is 0 Å². The third-order valence-corrected chi connectivity index (χ3v) is 4.84. The Morgan fingerprint density at radius 3 is 2.81 bits per heavy atom. The summed E-state index contributed by atoms with van der Waals surface area (Å²) >= 11 is 0. The second-order valence-electron chi connectivity index (χ2n) is 6.54. The van der Waals surface area contributed by atoms with E-state index in [0.717, 1.165) is 43.0 Å². The van der Waals surface area contributed by atoms with Crippen LogP contribution in [0.5, 0.6) is 0 Å². The van der Waals surface area contributed by atoms with Gasteiger partial charge < -0.3 is 9.42 Å². The molecule has 0 amide bonds. The fourth-order valence-corrected chi connectivity index (χ4v) is 3.55. The van der Waals surface area contributed by atoms with Crippen LogP contribution in [0.3, 0.4) is 0 Å². The Bertz CT molecular complexity index is 1020. The minimum Gasteiger partial charge on any atom is -0.324 e. The standard InChI is InChI=1S/C19H18N6O/c1-2-7-14(8-3-1)17-20-19(26-23-17)24-11-6-9-15(13-24)18-22-21-16-10-4-5-12-25(16)18/h1-5,7-8,10,12,15H,6,9,11,13H2/t15-/m0/s1. The van der Waals surface area contributed by atoms with E-state index in [2.05, 4.69) is 29.6 Å².